The maximum atomic E-state index is 12.2. The zero-order valence-corrected chi connectivity index (χ0v) is 21.7. The summed E-state index contributed by atoms with van der Waals surface area (Å²) in [6, 6.07) is 7.93. The summed E-state index contributed by atoms with van der Waals surface area (Å²) in [5, 5.41) is 7.28. The topological polar surface area (TPSA) is 68.0 Å². The molecule has 1 N–H and O–H groups in total. The van der Waals surface area contributed by atoms with Gasteiger partial charge in [-0.15, -0.1) is 0 Å². The Morgan fingerprint density at radius 3 is 2.32 bits per heavy atom. The number of allylic oxidation sites excluding steroid dienone is 4. The zero-order valence-electron chi connectivity index (χ0n) is 21.7. The largest absolute Gasteiger partial charge is 0.334 e. The fraction of sp³-hybridized carbons (Fsp3) is 0.552. The van der Waals surface area contributed by atoms with E-state index in [4.69, 9.17) is 9.51 Å². The lowest BCUT2D eigenvalue weighted by Gasteiger charge is -2.41. The summed E-state index contributed by atoms with van der Waals surface area (Å²) < 4.78 is 5.72. The van der Waals surface area contributed by atoms with E-state index in [-0.39, 0.29) is 22.7 Å². The molecule has 182 valence electrons. The molecule has 0 aliphatic heterocycles. The van der Waals surface area contributed by atoms with Crippen LogP contribution in [0.2, 0.25) is 0 Å². The molecule has 2 aromatic rings. The number of hydrogen-bond acceptors (Lipinski definition) is 4. The zero-order chi connectivity index (χ0) is 24.7. The highest BCUT2D eigenvalue weighted by molar-refractivity contribution is 5.93. The Labute approximate surface area is 204 Å². The van der Waals surface area contributed by atoms with Gasteiger partial charge in [0.05, 0.1) is 0 Å². The van der Waals surface area contributed by atoms with Crippen LogP contribution in [0.4, 0.5) is 5.69 Å². The second-order valence-electron chi connectivity index (χ2n) is 12.2. The predicted molar refractivity (Wildman–Crippen MR) is 137 cm³/mol. The molecule has 5 nitrogen and oxygen atoms in total. The van der Waals surface area contributed by atoms with Gasteiger partial charge in [-0.3, -0.25) is 4.79 Å². The number of carbonyl (C=O) groups excluding carboxylic acids is 1. The highest BCUT2D eigenvalue weighted by atomic mass is 16.5. The summed E-state index contributed by atoms with van der Waals surface area (Å²) in [6.45, 7) is 16.0. The van der Waals surface area contributed by atoms with E-state index < -0.39 is 0 Å². The van der Waals surface area contributed by atoms with Gasteiger partial charge in [-0.25, -0.2) is 0 Å². The molecular weight excluding hydrogens is 422 g/mol. The molecular formula is C29H39N3O2. The first-order chi connectivity index (χ1) is 15.9. The van der Waals surface area contributed by atoms with Gasteiger partial charge >= 0.3 is 0 Å². The number of nitrogens with one attached hydrogen (secondary N) is 1. The summed E-state index contributed by atoms with van der Waals surface area (Å²) in [5.41, 5.74) is 4.57. The first kappa shape index (κ1) is 24.4. The van der Waals surface area contributed by atoms with Crippen LogP contribution in [0.5, 0.6) is 0 Å². The lowest BCUT2D eigenvalue weighted by molar-refractivity contribution is -0.122. The average Bonchev–Trinajstić information content (AvgIpc) is 3.15. The van der Waals surface area contributed by atoms with Crippen molar-refractivity contribution >= 4 is 17.2 Å². The number of hydrogen-bond donors (Lipinski definition) is 1. The third-order valence-corrected chi connectivity index (χ3v) is 7.34. The minimum atomic E-state index is 0.0705. The quantitative estimate of drug-likeness (QED) is 0.517. The summed E-state index contributed by atoms with van der Waals surface area (Å²) in [6.07, 6.45) is 8.32. The highest BCUT2D eigenvalue weighted by Gasteiger charge is 2.37. The van der Waals surface area contributed by atoms with Crippen molar-refractivity contribution in [3.63, 3.8) is 0 Å². The minimum absolute atomic E-state index is 0.0705. The molecule has 0 saturated heterocycles. The van der Waals surface area contributed by atoms with Crippen molar-refractivity contribution in [2.24, 2.45) is 28.6 Å². The monoisotopic (exact) mass is 461 g/mol. The number of aromatic nitrogens is 2. The van der Waals surface area contributed by atoms with E-state index in [1.807, 2.05) is 24.3 Å². The molecule has 0 spiro atoms. The van der Waals surface area contributed by atoms with Gasteiger partial charge in [-0.05, 0) is 59.3 Å². The maximum Gasteiger partial charge on any atom is 0.257 e. The Morgan fingerprint density at radius 2 is 1.76 bits per heavy atom. The SMILES string of the molecule is CC1C(C(C)(C)C)=CC(c2nc(Cc3ccc(NC(=O)C4CCC4)cc3)no2)=CC1C(C)(C)C. The van der Waals surface area contributed by atoms with Gasteiger partial charge in [0, 0.05) is 23.6 Å². The molecule has 4 rings (SSSR count). The number of amides is 1. The first-order valence-corrected chi connectivity index (χ1v) is 12.6. The van der Waals surface area contributed by atoms with E-state index in [0.29, 0.717) is 30.0 Å². The van der Waals surface area contributed by atoms with Gasteiger partial charge in [0.25, 0.3) is 5.89 Å². The van der Waals surface area contributed by atoms with Gasteiger partial charge < -0.3 is 9.84 Å². The van der Waals surface area contributed by atoms with Crippen LogP contribution < -0.4 is 5.32 Å². The molecule has 1 aromatic heterocycles. The van der Waals surface area contributed by atoms with Crippen molar-refractivity contribution in [1.29, 1.82) is 0 Å². The van der Waals surface area contributed by atoms with Gasteiger partial charge in [0.15, 0.2) is 5.82 Å². The van der Waals surface area contributed by atoms with E-state index in [1.165, 1.54) is 5.57 Å². The van der Waals surface area contributed by atoms with E-state index in [0.717, 1.165) is 36.1 Å². The van der Waals surface area contributed by atoms with E-state index >= 15 is 0 Å². The van der Waals surface area contributed by atoms with Crippen LogP contribution in [0.25, 0.3) is 5.57 Å². The van der Waals surface area contributed by atoms with Crippen LogP contribution in [0.3, 0.4) is 0 Å². The second kappa shape index (κ2) is 9.16. The number of benzene rings is 1. The molecule has 1 saturated carbocycles. The van der Waals surface area contributed by atoms with Crippen LogP contribution in [0, 0.1) is 28.6 Å². The van der Waals surface area contributed by atoms with Gasteiger partial charge in [-0.2, -0.15) is 4.98 Å². The van der Waals surface area contributed by atoms with Crippen LogP contribution >= 0.6 is 0 Å². The molecule has 0 radical (unpaired) electrons. The Hall–Kier alpha value is -2.69. The van der Waals surface area contributed by atoms with Crippen molar-refractivity contribution in [2.75, 3.05) is 5.32 Å². The first-order valence-electron chi connectivity index (χ1n) is 12.6. The molecule has 5 heteroatoms. The highest BCUT2D eigenvalue weighted by Crippen LogP contribution is 2.47. The summed E-state index contributed by atoms with van der Waals surface area (Å²) >= 11 is 0. The normalized spacial score (nSPS) is 21.5. The smallest absolute Gasteiger partial charge is 0.257 e. The molecule has 2 aliphatic rings. The third kappa shape index (κ3) is 5.34. The van der Waals surface area contributed by atoms with Crippen molar-refractivity contribution in [3.8, 4) is 0 Å². The van der Waals surface area contributed by atoms with Crippen LogP contribution in [-0.2, 0) is 11.2 Å². The lowest BCUT2D eigenvalue weighted by atomic mass is 9.63. The van der Waals surface area contributed by atoms with Gasteiger partial charge in [0.2, 0.25) is 5.91 Å². The average molecular weight is 462 g/mol. The molecule has 2 aliphatic carbocycles. The van der Waals surface area contributed by atoms with Crippen molar-refractivity contribution in [2.45, 2.75) is 74.1 Å². The molecule has 1 aromatic carbocycles. The molecule has 1 fully saturated rings. The number of nitrogens with zero attached hydrogens (tertiary/aromatic N) is 2. The molecule has 1 heterocycles. The molecule has 2 unspecified atom stereocenters. The summed E-state index contributed by atoms with van der Waals surface area (Å²) in [5.74, 6) is 2.41. The molecule has 34 heavy (non-hydrogen) atoms. The van der Waals surface area contributed by atoms with E-state index in [2.05, 4.69) is 71.1 Å². The van der Waals surface area contributed by atoms with Crippen molar-refractivity contribution in [1.82, 2.24) is 10.1 Å². The number of anilines is 1. The Kier molecular flexibility index (Phi) is 6.58. The van der Waals surface area contributed by atoms with Gasteiger partial charge in [0.1, 0.15) is 0 Å². The summed E-state index contributed by atoms with van der Waals surface area (Å²) in [7, 11) is 0. The second-order valence-corrected chi connectivity index (χ2v) is 12.2. The van der Waals surface area contributed by atoms with Crippen LogP contribution in [0.15, 0.2) is 46.5 Å². The molecule has 1 amide bonds. The Balaban J connectivity index is 1.49. The molecule has 0 bridgehead atoms. The Morgan fingerprint density at radius 1 is 1.09 bits per heavy atom. The molecule has 2 atom stereocenters. The number of rotatable bonds is 5. The van der Waals surface area contributed by atoms with Gasteiger partial charge in [-0.1, -0.05) is 83.8 Å². The van der Waals surface area contributed by atoms with Crippen molar-refractivity contribution < 1.29 is 9.32 Å². The predicted octanol–water partition coefficient (Wildman–Crippen LogP) is 7.07. The lowest BCUT2D eigenvalue weighted by Crippen LogP contribution is -2.32. The summed E-state index contributed by atoms with van der Waals surface area (Å²) in [4.78, 5) is 16.9. The van der Waals surface area contributed by atoms with Crippen LogP contribution in [-0.4, -0.2) is 16.0 Å². The van der Waals surface area contributed by atoms with E-state index in [9.17, 15) is 4.79 Å². The van der Waals surface area contributed by atoms with Crippen LogP contribution in [0.1, 0.15) is 85.0 Å². The minimum Gasteiger partial charge on any atom is -0.334 e. The fourth-order valence-electron chi connectivity index (χ4n) is 5.16. The number of carbonyl (C=O) groups is 1. The van der Waals surface area contributed by atoms with E-state index in [1.54, 1.807) is 0 Å². The Bertz CT molecular complexity index is 1090. The fourth-order valence-corrected chi connectivity index (χ4v) is 5.16. The standard InChI is InChI=1S/C29H39N3O2/c1-18-23(28(2,3)4)16-21(17-24(18)29(5,6)7)27-31-25(32-34-27)15-19-11-13-22(14-12-19)30-26(33)20-9-8-10-20/h11-14,16-18,20,23H,8-10,15H2,1-7H3,(H,30,33). The third-order valence-electron chi connectivity index (χ3n) is 7.34. The maximum absolute atomic E-state index is 12.2. The van der Waals surface area contributed by atoms with Crippen molar-refractivity contribution in [3.05, 3.63) is 59.3 Å².